The molecule has 2 aromatic heterocycles. The monoisotopic (exact) mass is 347 g/mol. The van der Waals surface area contributed by atoms with Crippen molar-refractivity contribution in [3.05, 3.63) is 77.6 Å². The molecule has 3 aromatic rings. The smallest absolute Gasteiger partial charge is 0.148 e. The Balaban J connectivity index is 1.68. The average molecular weight is 347 g/mol. The van der Waals surface area contributed by atoms with Crippen molar-refractivity contribution < 1.29 is 0 Å². The van der Waals surface area contributed by atoms with E-state index in [0.717, 1.165) is 29.4 Å². The molecule has 134 valence electrons. The molecule has 0 spiro atoms. The lowest BCUT2D eigenvalue weighted by molar-refractivity contribution is 0.785. The number of pyridine rings is 1. The molecule has 0 aliphatic carbocycles. The van der Waals surface area contributed by atoms with Gasteiger partial charge in [-0.1, -0.05) is 50.2 Å². The summed E-state index contributed by atoms with van der Waals surface area (Å²) < 4.78 is 0. The van der Waals surface area contributed by atoms with E-state index < -0.39 is 0 Å². The zero-order valence-electron chi connectivity index (χ0n) is 15.6. The van der Waals surface area contributed by atoms with Crippen LogP contribution in [-0.4, -0.2) is 22.2 Å². The van der Waals surface area contributed by atoms with Gasteiger partial charge in [0.25, 0.3) is 0 Å². The van der Waals surface area contributed by atoms with Crippen LogP contribution in [0.4, 0.5) is 11.6 Å². The van der Waals surface area contributed by atoms with Crippen LogP contribution in [0.25, 0.3) is 0 Å². The number of rotatable bonds is 7. The van der Waals surface area contributed by atoms with Crippen LogP contribution in [0.3, 0.4) is 0 Å². The Morgan fingerprint density at radius 1 is 0.962 bits per heavy atom. The molecule has 0 saturated heterocycles. The third-order valence-corrected chi connectivity index (χ3v) is 4.23. The Kier molecular flexibility index (Phi) is 5.79. The van der Waals surface area contributed by atoms with Crippen LogP contribution in [0, 0.1) is 0 Å². The summed E-state index contributed by atoms with van der Waals surface area (Å²) >= 11 is 0. The summed E-state index contributed by atoms with van der Waals surface area (Å²) in [5.41, 5.74) is 3.38. The lowest BCUT2D eigenvalue weighted by atomic mass is 10.1. The van der Waals surface area contributed by atoms with Crippen LogP contribution in [0.1, 0.15) is 36.6 Å². The van der Waals surface area contributed by atoms with Crippen molar-refractivity contribution in [1.29, 1.82) is 0 Å². The number of benzene rings is 1. The first-order valence-corrected chi connectivity index (χ1v) is 8.90. The van der Waals surface area contributed by atoms with Gasteiger partial charge in [-0.15, -0.1) is 5.10 Å². The summed E-state index contributed by atoms with van der Waals surface area (Å²) in [6.45, 7) is 5.69. The highest BCUT2D eigenvalue weighted by Gasteiger charge is 2.10. The SMILES string of the molecule is CC(C)c1ccc(NCc2cccnc2N(C)Cc2ccccc2)nn1. The highest BCUT2D eigenvalue weighted by molar-refractivity contribution is 5.48. The molecule has 1 N–H and O–H groups in total. The van der Waals surface area contributed by atoms with Crippen molar-refractivity contribution in [3.8, 4) is 0 Å². The number of hydrogen-bond donors (Lipinski definition) is 1. The van der Waals surface area contributed by atoms with Gasteiger partial charge in [0.1, 0.15) is 11.6 Å². The average Bonchev–Trinajstić information content (AvgIpc) is 2.67. The quantitative estimate of drug-likeness (QED) is 0.693. The number of anilines is 2. The van der Waals surface area contributed by atoms with Gasteiger partial charge in [-0.05, 0) is 29.7 Å². The zero-order chi connectivity index (χ0) is 18.4. The van der Waals surface area contributed by atoms with E-state index in [1.165, 1.54) is 5.56 Å². The predicted octanol–water partition coefficient (Wildman–Crippen LogP) is 4.24. The van der Waals surface area contributed by atoms with Crippen molar-refractivity contribution in [2.45, 2.75) is 32.9 Å². The van der Waals surface area contributed by atoms with Crippen LogP contribution in [0.15, 0.2) is 60.8 Å². The highest BCUT2D eigenvalue weighted by atomic mass is 15.2. The molecule has 0 fully saturated rings. The fourth-order valence-electron chi connectivity index (χ4n) is 2.77. The maximum atomic E-state index is 4.57. The Hall–Kier alpha value is -2.95. The third kappa shape index (κ3) is 4.57. The number of nitrogens with one attached hydrogen (secondary N) is 1. The van der Waals surface area contributed by atoms with E-state index in [0.29, 0.717) is 12.5 Å². The minimum Gasteiger partial charge on any atom is -0.364 e. The lowest BCUT2D eigenvalue weighted by Crippen LogP contribution is -2.20. The van der Waals surface area contributed by atoms with E-state index in [2.05, 4.69) is 76.6 Å². The minimum atomic E-state index is 0.383. The summed E-state index contributed by atoms with van der Waals surface area (Å²) in [5.74, 6) is 2.12. The maximum absolute atomic E-state index is 4.57. The van der Waals surface area contributed by atoms with Crippen LogP contribution in [-0.2, 0) is 13.1 Å². The van der Waals surface area contributed by atoms with Crippen molar-refractivity contribution >= 4 is 11.6 Å². The molecule has 5 heteroatoms. The van der Waals surface area contributed by atoms with E-state index in [1.54, 1.807) is 0 Å². The van der Waals surface area contributed by atoms with Gasteiger partial charge < -0.3 is 10.2 Å². The van der Waals surface area contributed by atoms with Gasteiger partial charge >= 0.3 is 0 Å². The molecular weight excluding hydrogens is 322 g/mol. The van der Waals surface area contributed by atoms with Crippen LogP contribution in [0.2, 0.25) is 0 Å². The van der Waals surface area contributed by atoms with E-state index in [1.807, 2.05) is 30.5 Å². The Morgan fingerprint density at radius 2 is 1.77 bits per heavy atom. The molecule has 26 heavy (non-hydrogen) atoms. The summed E-state index contributed by atoms with van der Waals surface area (Å²) in [4.78, 5) is 6.74. The fraction of sp³-hybridized carbons (Fsp3) is 0.286. The molecule has 0 atom stereocenters. The second-order valence-corrected chi connectivity index (χ2v) is 6.68. The second-order valence-electron chi connectivity index (χ2n) is 6.68. The molecule has 0 saturated carbocycles. The van der Waals surface area contributed by atoms with Gasteiger partial charge in [-0.3, -0.25) is 0 Å². The van der Waals surface area contributed by atoms with Gasteiger partial charge in [0.05, 0.1) is 5.69 Å². The standard InChI is InChI=1S/C21H25N5/c1-16(2)19-11-12-20(25-24-19)23-14-18-10-7-13-22-21(18)26(3)15-17-8-5-4-6-9-17/h4-13,16H,14-15H2,1-3H3,(H,23,25). The summed E-state index contributed by atoms with van der Waals surface area (Å²) in [5, 5.41) is 11.9. The van der Waals surface area contributed by atoms with Gasteiger partial charge in [0.2, 0.25) is 0 Å². The van der Waals surface area contributed by atoms with E-state index in [-0.39, 0.29) is 0 Å². The normalized spacial score (nSPS) is 10.8. The molecule has 0 aliphatic heterocycles. The number of aromatic nitrogens is 3. The first kappa shape index (κ1) is 17.9. The number of nitrogens with zero attached hydrogens (tertiary/aromatic N) is 4. The largest absolute Gasteiger partial charge is 0.364 e. The molecular formula is C21H25N5. The molecule has 3 rings (SSSR count). The lowest BCUT2D eigenvalue weighted by Gasteiger charge is -2.21. The predicted molar refractivity (Wildman–Crippen MR) is 106 cm³/mol. The van der Waals surface area contributed by atoms with Crippen LogP contribution >= 0.6 is 0 Å². The van der Waals surface area contributed by atoms with E-state index >= 15 is 0 Å². The molecule has 0 bridgehead atoms. The molecule has 2 heterocycles. The Labute approximate surface area is 155 Å². The molecule has 0 aliphatic rings. The summed E-state index contributed by atoms with van der Waals surface area (Å²) in [6, 6.07) is 18.5. The van der Waals surface area contributed by atoms with Crippen molar-refractivity contribution in [3.63, 3.8) is 0 Å². The first-order valence-electron chi connectivity index (χ1n) is 8.90. The highest BCUT2D eigenvalue weighted by Crippen LogP contribution is 2.19. The van der Waals surface area contributed by atoms with Gasteiger partial charge in [-0.25, -0.2) is 4.98 Å². The van der Waals surface area contributed by atoms with Gasteiger partial charge in [-0.2, -0.15) is 5.10 Å². The fourth-order valence-corrected chi connectivity index (χ4v) is 2.77. The molecule has 0 unspecified atom stereocenters. The molecule has 1 aromatic carbocycles. The molecule has 0 amide bonds. The Morgan fingerprint density at radius 3 is 2.46 bits per heavy atom. The maximum Gasteiger partial charge on any atom is 0.148 e. The van der Waals surface area contributed by atoms with Gasteiger partial charge in [0, 0.05) is 31.9 Å². The topological polar surface area (TPSA) is 53.9 Å². The summed E-state index contributed by atoms with van der Waals surface area (Å²) in [7, 11) is 2.07. The van der Waals surface area contributed by atoms with Crippen molar-refractivity contribution in [2.75, 3.05) is 17.3 Å². The minimum absolute atomic E-state index is 0.383. The second kappa shape index (κ2) is 8.43. The Bertz CT molecular complexity index is 815. The molecule has 5 nitrogen and oxygen atoms in total. The zero-order valence-corrected chi connectivity index (χ0v) is 15.6. The van der Waals surface area contributed by atoms with Gasteiger partial charge in [0.15, 0.2) is 0 Å². The van der Waals surface area contributed by atoms with Crippen molar-refractivity contribution in [1.82, 2.24) is 15.2 Å². The van der Waals surface area contributed by atoms with Crippen molar-refractivity contribution in [2.24, 2.45) is 0 Å². The van der Waals surface area contributed by atoms with Crippen LogP contribution in [0.5, 0.6) is 0 Å². The number of hydrogen-bond acceptors (Lipinski definition) is 5. The third-order valence-electron chi connectivity index (χ3n) is 4.23. The van der Waals surface area contributed by atoms with E-state index in [9.17, 15) is 0 Å². The summed E-state index contributed by atoms with van der Waals surface area (Å²) in [6.07, 6.45) is 1.83. The van der Waals surface area contributed by atoms with Crippen LogP contribution < -0.4 is 10.2 Å². The molecule has 0 radical (unpaired) electrons. The van der Waals surface area contributed by atoms with E-state index in [4.69, 9.17) is 0 Å². The first-order chi connectivity index (χ1) is 12.6.